The molecule has 0 aliphatic carbocycles. The summed E-state index contributed by atoms with van der Waals surface area (Å²) < 4.78 is 2.43. The van der Waals surface area contributed by atoms with Crippen LogP contribution in [0.1, 0.15) is 25.3 Å². The molecule has 1 fully saturated rings. The maximum atomic E-state index is 2.48. The highest BCUT2D eigenvalue weighted by Crippen LogP contribution is 2.22. The third-order valence-electron chi connectivity index (χ3n) is 3.42. The highest BCUT2D eigenvalue weighted by Gasteiger charge is 2.16. The molecule has 1 aliphatic rings. The molecule has 2 rings (SSSR count). The predicted molar refractivity (Wildman–Crippen MR) is 77.8 cm³/mol. The number of hydrogen-bond acceptors (Lipinski definition) is 3. The third-order valence-corrected chi connectivity index (χ3v) is 4.30. The average molecular weight is 250 g/mol. The molecule has 94 valence electrons. The van der Waals surface area contributed by atoms with E-state index in [2.05, 4.69) is 53.6 Å². The molecule has 0 aromatic heterocycles. The highest BCUT2D eigenvalue weighted by molar-refractivity contribution is 7.96. The van der Waals surface area contributed by atoms with Crippen molar-refractivity contribution in [2.24, 2.45) is 0 Å². The Morgan fingerprint density at radius 3 is 2.06 bits per heavy atom. The Labute approximate surface area is 109 Å². The van der Waals surface area contributed by atoms with Crippen LogP contribution >= 0.6 is 11.9 Å². The Morgan fingerprint density at radius 1 is 1.00 bits per heavy atom. The SMILES string of the molecule is CSN1CCN(c2ccc(C(C)C)cc2)CC1. The van der Waals surface area contributed by atoms with E-state index in [0.717, 1.165) is 26.2 Å². The van der Waals surface area contributed by atoms with Gasteiger partial charge in [-0.1, -0.05) is 37.9 Å². The molecule has 1 saturated heterocycles. The molecule has 0 radical (unpaired) electrons. The second-order valence-electron chi connectivity index (χ2n) is 4.84. The second kappa shape index (κ2) is 5.78. The van der Waals surface area contributed by atoms with Crippen LogP contribution in [0.5, 0.6) is 0 Å². The van der Waals surface area contributed by atoms with Crippen molar-refractivity contribution >= 4 is 17.6 Å². The minimum atomic E-state index is 0.623. The first-order valence-electron chi connectivity index (χ1n) is 6.34. The van der Waals surface area contributed by atoms with E-state index < -0.39 is 0 Å². The fraction of sp³-hybridized carbons (Fsp3) is 0.571. The fourth-order valence-electron chi connectivity index (χ4n) is 2.20. The first kappa shape index (κ1) is 12.8. The molecule has 17 heavy (non-hydrogen) atoms. The number of nitrogens with zero attached hydrogens (tertiary/aromatic N) is 2. The summed E-state index contributed by atoms with van der Waals surface area (Å²) in [5.41, 5.74) is 2.80. The summed E-state index contributed by atoms with van der Waals surface area (Å²) in [6, 6.07) is 9.07. The lowest BCUT2D eigenvalue weighted by Crippen LogP contribution is -2.43. The number of benzene rings is 1. The van der Waals surface area contributed by atoms with Gasteiger partial charge < -0.3 is 4.90 Å². The molecule has 0 spiro atoms. The fourth-order valence-corrected chi connectivity index (χ4v) is 2.73. The normalized spacial score (nSPS) is 17.8. The van der Waals surface area contributed by atoms with E-state index in [4.69, 9.17) is 0 Å². The summed E-state index contributed by atoms with van der Waals surface area (Å²) >= 11 is 1.86. The van der Waals surface area contributed by atoms with Crippen molar-refractivity contribution in [3.8, 4) is 0 Å². The molecular formula is C14H22N2S. The van der Waals surface area contributed by atoms with E-state index >= 15 is 0 Å². The summed E-state index contributed by atoms with van der Waals surface area (Å²) in [6.07, 6.45) is 2.16. The van der Waals surface area contributed by atoms with Crippen LogP contribution in [-0.4, -0.2) is 36.7 Å². The molecule has 1 aromatic carbocycles. The molecule has 1 heterocycles. The van der Waals surface area contributed by atoms with Crippen molar-refractivity contribution in [3.05, 3.63) is 29.8 Å². The minimum absolute atomic E-state index is 0.623. The predicted octanol–water partition coefficient (Wildman–Crippen LogP) is 3.21. The zero-order valence-corrected chi connectivity index (χ0v) is 11.8. The minimum Gasteiger partial charge on any atom is -0.369 e. The number of rotatable bonds is 3. The molecule has 0 atom stereocenters. The Bertz CT molecular complexity index is 340. The zero-order valence-electron chi connectivity index (χ0n) is 11.0. The van der Waals surface area contributed by atoms with Crippen molar-refractivity contribution < 1.29 is 0 Å². The highest BCUT2D eigenvalue weighted by atomic mass is 32.2. The van der Waals surface area contributed by atoms with Crippen LogP contribution in [0.4, 0.5) is 5.69 Å². The number of hydrogen-bond donors (Lipinski definition) is 0. The third kappa shape index (κ3) is 3.17. The van der Waals surface area contributed by atoms with Crippen LogP contribution in [0.25, 0.3) is 0 Å². The van der Waals surface area contributed by atoms with Crippen LogP contribution < -0.4 is 4.90 Å². The molecule has 3 heteroatoms. The molecular weight excluding hydrogens is 228 g/mol. The van der Waals surface area contributed by atoms with Crippen molar-refractivity contribution in [3.63, 3.8) is 0 Å². The van der Waals surface area contributed by atoms with Gasteiger partial charge in [0.15, 0.2) is 0 Å². The van der Waals surface area contributed by atoms with E-state index in [9.17, 15) is 0 Å². The molecule has 1 aromatic rings. The number of anilines is 1. The van der Waals surface area contributed by atoms with E-state index in [1.807, 2.05) is 11.9 Å². The lowest BCUT2D eigenvalue weighted by Gasteiger charge is -2.34. The standard InChI is InChI=1S/C14H22N2S/c1-12(2)13-4-6-14(7-5-13)15-8-10-16(17-3)11-9-15/h4-7,12H,8-11H2,1-3H3. The van der Waals surface area contributed by atoms with Crippen molar-refractivity contribution in [1.29, 1.82) is 0 Å². The van der Waals surface area contributed by atoms with Gasteiger partial charge in [0.25, 0.3) is 0 Å². The Balaban J connectivity index is 1.99. The monoisotopic (exact) mass is 250 g/mol. The molecule has 0 saturated carbocycles. The van der Waals surface area contributed by atoms with Gasteiger partial charge in [-0.15, -0.1) is 0 Å². The molecule has 0 unspecified atom stereocenters. The molecule has 2 nitrogen and oxygen atoms in total. The lowest BCUT2D eigenvalue weighted by atomic mass is 10.0. The van der Waals surface area contributed by atoms with Crippen LogP contribution in [0.2, 0.25) is 0 Å². The van der Waals surface area contributed by atoms with Crippen molar-refractivity contribution in [2.45, 2.75) is 19.8 Å². The molecule has 0 N–H and O–H groups in total. The van der Waals surface area contributed by atoms with Gasteiger partial charge in [-0.2, -0.15) is 0 Å². The van der Waals surface area contributed by atoms with E-state index in [1.54, 1.807) is 0 Å². The van der Waals surface area contributed by atoms with Gasteiger partial charge in [0, 0.05) is 31.9 Å². The van der Waals surface area contributed by atoms with Crippen molar-refractivity contribution in [1.82, 2.24) is 4.31 Å². The van der Waals surface area contributed by atoms with Crippen LogP contribution in [-0.2, 0) is 0 Å². The van der Waals surface area contributed by atoms with E-state index in [0.29, 0.717) is 5.92 Å². The number of piperazine rings is 1. The first-order valence-corrected chi connectivity index (χ1v) is 7.53. The Kier molecular flexibility index (Phi) is 4.35. The van der Waals surface area contributed by atoms with Crippen LogP contribution in [0, 0.1) is 0 Å². The van der Waals surface area contributed by atoms with Gasteiger partial charge in [0.1, 0.15) is 0 Å². The van der Waals surface area contributed by atoms with Gasteiger partial charge in [-0.25, -0.2) is 4.31 Å². The first-order chi connectivity index (χ1) is 8.20. The van der Waals surface area contributed by atoms with Gasteiger partial charge in [-0.05, 0) is 29.9 Å². The van der Waals surface area contributed by atoms with E-state index in [-0.39, 0.29) is 0 Å². The van der Waals surface area contributed by atoms with Crippen LogP contribution in [0.3, 0.4) is 0 Å². The summed E-state index contributed by atoms with van der Waals surface area (Å²) in [6.45, 7) is 9.09. The molecule has 0 bridgehead atoms. The molecule has 1 aliphatic heterocycles. The largest absolute Gasteiger partial charge is 0.369 e. The van der Waals surface area contributed by atoms with Gasteiger partial charge in [0.05, 0.1) is 0 Å². The smallest absolute Gasteiger partial charge is 0.0367 e. The summed E-state index contributed by atoms with van der Waals surface area (Å²) in [5.74, 6) is 0.623. The van der Waals surface area contributed by atoms with Gasteiger partial charge in [-0.3, -0.25) is 0 Å². The zero-order chi connectivity index (χ0) is 12.3. The van der Waals surface area contributed by atoms with Gasteiger partial charge in [0.2, 0.25) is 0 Å². The second-order valence-corrected chi connectivity index (χ2v) is 5.73. The van der Waals surface area contributed by atoms with Gasteiger partial charge >= 0.3 is 0 Å². The average Bonchev–Trinajstić information content (AvgIpc) is 2.39. The summed E-state index contributed by atoms with van der Waals surface area (Å²) in [7, 11) is 0. The Morgan fingerprint density at radius 2 is 1.59 bits per heavy atom. The van der Waals surface area contributed by atoms with Crippen molar-refractivity contribution in [2.75, 3.05) is 37.3 Å². The summed E-state index contributed by atoms with van der Waals surface area (Å²) in [5, 5.41) is 0. The molecule has 0 amide bonds. The maximum absolute atomic E-state index is 2.48. The van der Waals surface area contributed by atoms with E-state index in [1.165, 1.54) is 11.3 Å². The maximum Gasteiger partial charge on any atom is 0.0367 e. The lowest BCUT2D eigenvalue weighted by molar-refractivity contribution is 0.431. The van der Waals surface area contributed by atoms with Crippen LogP contribution in [0.15, 0.2) is 24.3 Å². The summed E-state index contributed by atoms with van der Waals surface area (Å²) in [4.78, 5) is 2.48. The topological polar surface area (TPSA) is 6.48 Å². The quantitative estimate of drug-likeness (QED) is 0.761. The Hall–Kier alpha value is -0.670.